The second-order valence-electron chi connectivity index (χ2n) is 7.29. The van der Waals surface area contributed by atoms with Gasteiger partial charge in [0, 0.05) is 25.6 Å². The van der Waals surface area contributed by atoms with Gasteiger partial charge >= 0.3 is 6.03 Å². The van der Waals surface area contributed by atoms with Crippen LogP contribution < -0.4 is 10.6 Å². The lowest BCUT2D eigenvalue weighted by atomic mass is 9.77. The molecule has 0 bridgehead atoms. The van der Waals surface area contributed by atoms with Crippen molar-refractivity contribution >= 4 is 23.2 Å². The topological polar surface area (TPSA) is 100 Å². The number of carbonyl (C=O) groups excluding carboxylic acids is 2. The molecule has 0 saturated heterocycles. The highest BCUT2D eigenvalue weighted by Crippen LogP contribution is 2.40. The molecule has 1 aromatic rings. The molecule has 1 aliphatic rings. The lowest BCUT2D eigenvalue weighted by molar-refractivity contribution is -0.116. The Morgan fingerprint density at radius 2 is 1.93 bits per heavy atom. The third kappa shape index (κ3) is 4.78. The summed E-state index contributed by atoms with van der Waals surface area (Å²) in [5, 5.41) is 20.1. The lowest BCUT2D eigenvalue weighted by Gasteiger charge is -2.28. The molecule has 0 aliphatic heterocycles. The molecule has 2 rings (SSSR count). The number of ketones is 1. The summed E-state index contributed by atoms with van der Waals surface area (Å²) in [6.07, 6.45) is 1.11. The van der Waals surface area contributed by atoms with Crippen LogP contribution in [0.5, 0.6) is 0 Å². The molecule has 1 unspecified atom stereocenters. The monoisotopic (exact) mass is 401 g/mol. The number of urea groups is 1. The fraction of sp³-hybridized carbons (Fsp3) is 0.500. The maximum absolute atomic E-state index is 12.9. The molecule has 0 radical (unpaired) electrons. The number of nitrogens with one attached hydrogen (secondary N) is 2. The summed E-state index contributed by atoms with van der Waals surface area (Å²) in [4.78, 5) is 29.9. The van der Waals surface area contributed by atoms with E-state index in [-0.39, 0.29) is 35.5 Å². The van der Waals surface area contributed by atoms with Crippen molar-refractivity contribution in [3.63, 3.8) is 0 Å². The van der Waals surface area contributed by atoms with Gasteiger partial charge in [-0.05, 0) is 62.3 Å². The van der Waals surface area contributed by atoms with Crippen molar-refractivity contribution in [2.24, 2.45) is 5.16 Å². The average Bonchev–Trinajstić information content (AvgIpc) is 2.66. The number of oxime groups is 1. The number of rotatable bonds is 6. The number of benzene rings is 1. The van der Waals surface area contributed by atoms with Crippen LogP contribution in [0.4, 0.5) is 10.5 Å². The van der Waals surface area contributed by atoms with Crippen molar-refractivity contribution in [3.05, 3.63) is 39.7 Å². The molecule has 3 N–H and O–H groups in total. The highest BCUT2D eigenvalue weighted by atomic mass is 16.6. The van der Waals surface area contributed by atoms with Gasteiger partial charge in [-0.25, -0.2) is 4.79 Å². The Morgan fingerprint density at radius 1 is 1.24 bits per heavy atom. The molecule has 2 amide bonds. The first-order valence-electron chi connectivity index (χ1n) is 9.98. The van der Waals surface area contributed by atoms with Gasteiger partial charge in [-0.1, -0.05) is 18.1 Å². The van der Waals surface area contributed by atoms with E-state index < -0.39 is 0 Å². The minimum atomic E-state index is -0.296. The maximum Gasteiger partial charge on any atom is 0.318 e. The molecule has 7 heteroatoms. The molecular formula is C22H31N3O4. The number of carbonyl (C=O) groups is 2. The molecule has 29 heavy (non-hydrogen) atoms. The van der Waals surface area contributed by atoms with Crippen LogP contribution in [-0.4, -0.2) is 36.3 Å². The first-order valence-corrected chi connectivity index (χ1v) is 9.98. The van der Waals surface area contributed by atoms with Gasteiger partial charge in [-0.15, -0.1) is 0 Å². The molecule has 1 aromatic carbocycles. The van der Waals surface area contributed by atoms with Gasteiger partial charge < -0.3 is 20.6 Å². The molecule has 0 spiro atoms. The van der Waals surface area contributed by atoms with Crippen molar-refractivity contribution in [3.8, 4) is 0 Å². The van der Waals surface area contributed by atoms with E-state index in [0.717, 1.165) is 27.9 Å². The molecule has 1 aliphatic carbocycles. The second-order valence-corrected chi connectivity index (χ2v) is 7.29. The van der Waals surface area contributed by atoms with E-state index >= 15 is 0 Å². The molecule has 0 aromatic heterocycles. The number of allylic oxidation sites excluding steroid dienone is 2. The quantitative estimate of drug-likeness (QED) is 0.485. The van der Waals surface area contributed by atoms with E-state index in [9.17, 15) is 14.7 Å². The Kier molecular flexibility index (Phi) is 7.42. The Morgan fingerprint density at radius 3 is 2.48 bits per heavy atom. The summed E-state index contributed by atoms with van der Waals surface area (Å²) in [6.45, 7) is 9.97. The first-order chi connectivity index (χ1) is 13.7. The van der Waals surface area contributed by atoms with Crippen LogP contribution in [-0.2, 0) is 9.63 Å². The number of hydrogen-bond acceptors (Lipinski definition) is 5. The van der Waals surface area contributed by atoms with E-state index in [0.29, 0.717) is 25.2 Å². The predicted molar refractivity (Wildman–Crippen MR) is 115 cm³/mol. The Labute approximate surface area is 172 Å². The zero-order valence-corrected chi connectivity index (χ0v) is 18.1. The smallest absolute Gasteiger partial charge is 0.318 e. The van der Waals surface area contributed by atoms with Gasteiger partial charge in [0.05, 0.1) is 11.3 Å². The van der Waals surface area contributed by atoms with Crippen LogP contribution in [0.3, 0.4) is 0 Å². The predicted octanol–water partition coefficient (Wildman–Crippen LogP) is 4.42. The van der Waals surface area contributed by atoms with Crippen LogP contribution in [0, 0.1) is 20.8 Å². The normalized spacial score (nSPS) is 17.4. The van der Waals surface area contributed by atoms with Crippen molar-refractivity contribution in [2.75, 3.05) is 19.0 Å². The van der Waals surface area contributed by atoms with Gasteiger partial charge in [0.15, 0.2) is 5.78 Å². The van der Waals surface area contributed by atoms with E-state index in [1.54, 1.807) is 7.05 Å². The third-order valence-electron chi connectivity index (χ3n) is 5.27. The van der Waals surface area contributed by atoms with Gasteiger partial charge in [-0.2, -0.15) is 0 Å². The summed E-state index contributed by atoms with van der Waals surface area (Å²) < 4.78 is 0. The fourth-order valence-corrected chi connectivity index (χ4v) is 4.05. The average molecular weight is 402 g/mol. The number of anilines is 1. The minimum absolute atomic E-state index is 0.0479. The second kappa shape index (κ2) is 9.58. The highest BCUT2D eigenvalue weighted by Gasteiger charge is 2.33. The van der Waals surface area contributed by atoms with Crippen molar-refractivity contribution in [2.45, 2.75) is 59.8 Å². The van der Waals surface area contributed by atoms with Crippen LogP contribution in [0.2, 0.25) is 0 Å². The number of nitrogens with zero attached hydrogens (tertiary/aromatic N) is 1. The standard InChI is InChI=1S/C22H31N3O4/c1-7-16(25-29-8-2)20-17(26)10-15(11-18(20)27)19-12(3)9-13(4)21(14(19)5)24-22(28)23-6/h9,15,26H,7-8,10-11H2,1-6H3,(H2,23,24,28). The van der Waals surface area contributed by atoms with Crippen molar-refractivity contribution in [1.82, 2.24) is 5.32 Å². The largest absolute Gasteiger partial charge is 0.511 e. The number of aliphatic hydroxyl groups is 1. The molecule has 0 saturated carbocycles. The minimum Gasteiger partial charge on any atom is -0.511 e. The summed E-state index contributed by atoms with van der Waals surface area (Å²) in [5.41, 5.74) is 5.39. The van der Waals surface area contributed by atoms with Crippen molar-refractivity contribution < 1.29 is 19.5 Å². The maximum atomic E-state index is 12.9. The van der Waals surface area contributed by atoms with Gasteiger partial charge in [0.2, 0.25) is 0 Å². The zero-order chi connectivity index (χ0) is 21.7. The summed E-state index contributed by atoms with van der Waals surface area (Å²) in [6, 6.07) is 1.71. The fourth-order valence-electron chi connectivity index (χ4n) is 4.05. The molecule has 158 valence electrons. The van der Waals surface area contributed by atoms with Crippen LogP contribution >= 0.6 is 0 Å². The zero-order valence-electron chi connectivity index (χ0n) is 18.1. The SMILES string of the molecule is CCON=C(CC)C1=C(O)CC(c2c(C)cc(C)c(NC(=O)NC)c2C)CC1=O. The lowest BCUT2D eigenvalue weighted by Crippen LogP contribution is -2.27. The van der Waals surface area contributed by atoms with E-state index in [1.165, 1.54) is 0 Å². The third-order valence-corrected chi connectivity index (χ3v) is 5.27. The van der Waals surface area contributed by atoms with E-state index in [2.05, 4.69) is 15.8 Å². The molecule has 1 atom stereocenters. The number of amides is 2. The summed E-state index contributed by atoms with van der Waals surface area (Å²) >= 11 is 0. The first kappa shape index (κ1) is 22.5. The van der Waals surface area contributed by atoms with E-state index in [1.807, 2.05) is 40.7 Å². The Bertz CT molecular complexity index is 871. The van der Waals surface area contributed by atoms with Gasteiger partial charge in [0.25, 0.3) is 0 Å². The summed E-state index contributed by atoms with van der Waals surface area (Å²) in [5.74, 6) is -0.256. The van der Waals surface area contributed by atoms with Crippen molar-refractivity contribution in [1.29, 1.82) is 0 Å². The molecule has 0 heterocycles. The van der Waals surface area contributed by atoms with Crippen LogP contribution in [0.1, 0.15) is 61.3 Å². The highest BCUT2D eigenvalue weighted by molar-refractivity contribution is 6.23. The molecular weight excluding hydrogens is 370 g/mol. The number of Topliss-reactive ketones (excluding diaryl/α,β-unsaturated/α-hetero) is 1. The Balaban J connectivity index is 2.46. The van der Waals surface area contributed by atoms with E-state index in [4.69, 9.17) is 4.84 Å². The molecule has 0 fully saturated rings. The number of aliphatic hydroxyl groups excluding tert-OH is 1. The number of hydrogen-bond donors (Lipinski definition) is 3. The van der Waals surface area contributed by atoms with Crippen LogP contribution in [0.15, 0.2) is 22.6 Å². The summed E-state index contributed by atoms with van der Waals surface area (Å²) in [7, 11) is 1.56. The van der Waals surface area contributed by atoms with Gasteiger partial charge in [0.1, 0.15) is 12.4 Å². The number of aryl methyl sites for hydroxylation is 2. The van der Waals surface area contributed by atoms with Gasteiger partial charge in [-0.3, -0.25) is 4.79 Å². The Hall–Kier alpha value is -2.83. The molecule has 7 nitrogen and oxygen atoms in total. The van der Waals surface area contributed by atoms with Crippen LogP contribution in [0.25, 0.3) is 0 Å².